The van der Waals surface area contributed by atoms with Crippen molar-refractivity contribution in [2.75, 3.05) is 30.9 Å². The summed E-state index contributed by atoms with van der Waals surface area (Å²) in [5.41, 5.74) is 0.420. The van der Waals surface area contributed by atoms with Crippen molar-refractivity contribution in [1.29, 1.82) is 0 Å². The van der Waals surface area contributed by atoms with Crippen LogP contribution in [0.5, 0.6) is 0 Å². The van der Waals surface area contributed by atoms with Crippen molar-refractivity contribution in [3.05, 3.63) is 17.0 Å². The molecule has 1 aliphatic rings. The van der Waals surface area contributed by atoms with E-state index in [9.17, 15) is 8.42 Å². The highest BCUT2D eigenvalue weighted by Gasteiger charge is 2.24. The van der Waals surface area contributed by atoms with Gasteiger partial charge in [-0.25, -0.2) is 18.4 Å². The monoisotopic (exact) mass is 319 g/mol. The van der Waals surface area contributed by atoms with E-state index in [0.29, 0.717) is 31.3 Å². The Balaban J connectivity index is 2.31. The SMILES string of the molecule is CCC1COCCN1c1cc(CS(C)(=O)=O)nc(Cl)n1. The number of ether oxygens (including phenoxy) is 1. The van der Waals surface area contributed by atoms with Crippen molar-refractivity contribution in [1.82, 2.24) is 9.97 Å². The predicted octanol–water partition coefficient (Wildman–Crippen LogP) is 1.29. The number of aromatic nitrogens is 2. The number of hydrogen-bond acceptors (Lipinski definition) is 6. The molecule has 0 aliphatic carbocycles. The Bertz CT molecular complexity index is 579. The molecule has 0 bridgehead atoms. The Morgan fingerprint density at radius 1 is 1.50 bits per heavy atom. The van der Waals surface area contributed by atoms with E-state index in [2.05, 4.69) is 21.8 Å². The Morgan fingerprint density at radius 3 is 2.90 bits per heavy atom. The molecule has 1 aliphatic heterocycles. The van der Waals surface area contributed by atoms with E-state index in [1.165, 1.54) is 6.26 Å². The lowest BCUT2D eigenvalue weighted by Crippen LogP contribution is -2.45. The van der Waals surface area contributed by atoms with Gasteiger partial charge in [0.2, 0.25) is 5.28 Å². The van der Waals surface area contributed by atoms with Gasteiger partial charge in [-0.3, -0.25) is 0 Å². The smallest absolute Gasteiger partial charge is 0.224 e. The number of morpholine rings is 1. The molecule has 2 rings (SSSR count). The quantitative estimate of drug-likeness (QED) is 0.779. The molecule has 20 heavy (non-hydrogen) atoms. The molecule has 1 aromatic heterocycles. The van der Waals surface area contributed by atoms with Gasteiger partial charge in [0.05, 0.1) is 30.7 Å². The van der Waals surface area contributed by atoms with Crippen LogP contribution in [0.4, 0.5) is 5.82 Å². The maximum atomic E-state index is 11.4. The van der Waals surface area contributed by atoms with Crippen molar-refractivity contribution in [3.8, 4) is 0 Å². The molecule has 2 heterocycles. The number of anilines is 1. The summed E-state index contributed by atoms with van der Waals surface area (Å²) in [7, 11) is -3.15. The first-order chi connectivity index (χ1) is 9.39. The third-order valence-corrected chi connectivity index (χ3v) is 4.13. The van der Waals surface area contributed by atoms with Crippen LogP contribution in [0.2, 0.25) is 5.28 Å². The zero-order valence-electron chi connectivity index (χ0n) is 11.5. The summed E-state index contributed by atoms with van der Waals surface area (Å²) in [5.74, 6) is 0.530. The molecule has 0 spiro atoms. The highest BCUT2D eigenvalue weighted by atomic mass is 35.5. The molecule has 8 heteroatoms. The van der Waals surface area contributed by atoms with Crippen LogP contribution in [-0.4, -0.2) is 50.4 Å². The average molecular weight is 320 g/mol. The Hall–Kier alpha value is -0.920. The van der Waals surface area contributed by atoms with Gasteiger partial charge < -0.3 is 9.64 Å². The van der Waals surface area contributed by atoms with E-state index in [-0.39, 0.29) is 17.1 Å². The zero-order valence-corrected chi connectivity index (χ0v) is 13.1. The highest BCUT2D eigenvalue weighted by molar-refractivity contribution is 7.89. The van der Waals surface area contributed by atoms with Crippen LogP contribution in [0.15, 0.2) is 6.07 Å². The van der Waals surface area contributed by atoms with E-state index in [1.54, 1.807) is 6.07 Å². The number of nitrogens with zero attached hydrogens (tertiary/aromatic N) is 3. The molecule has 0 N–H and O–H groups in total. The Labute approximate surface area is 124 Å². The molecule has 0 radical (unpaired) electrons. The number of halogens is 1. The number of rotatable bonds is 4. The normalized spacial score (nSPS) is 20.1. The molecule has 0 saturated carbocycles. The van der Waals surface area contributed by atoms with Crippen LogP contribution >= 0.6 is 11.6 Å². The van der Waals surface area contributed by atoms with Crippen molar-refractivity contribution in [3.63, 3.8) is 0 Å². The maximum absolute atomic E-state index is 11.4. The molecule has 0 aromatic carbocycles. The van der Waals surface area contributed by atoms with E-state index >= 15 is 0 Å². The lowest BCUT2D eigenvalue weighted by atomic mass is 10.2. The van der Waals surface area contributed by atoms with Gasteiger partial charge in [-0.05, 0) is 18.0 Å². The van der Waals surface area contributed by atoms with Gasteiger partial charge >= 0.3 is 0 Å². The molecule has 1 fully saturated rings. The van der Waals surface area contributed by atoms with Gasteiger partial charge in [0, 0.05) is 18.9 Å². The molecule has 1 unspecified atom stereocenters. The summed E-state index contributed by atoms with van der Waals surface area (Å²) in [6, 6.07) is 1.92. The Kier molecular flexibility index (Phi) is 4.82. The van der Waals surface area contributed by atoms with Gasteiger partial charge in [-0.2, -0.15) is 0 Å². The summed E-state index contributed by atoms with van der Waals surface area (Å²) < 4.78 is 28.2. The van der Waals surface area contributed by atoms with Crippen LogP contribution in [0.1, 0.15) is 19.0 Å². The van der Waals surface area contributed by atoms with Gasteiger partial charge in [0.1, 0.15) is 5.82 Å². The lowest BCUT2D eigenvalue weighted by Gasteiger charge is -2.36. The molecule has 0 amide bonds. The van der Waals surface area contributed by atoms with E-state index in [0.717, 1.165) is 6.42 Å². The fraction of sp³-hybridized carbons (Fsp3) is 0.667. The van der Waals surface area contributed by atoms with Crippen molar-refractivity contribution in [2.45, 2.75) is 25.1 Å². The molecule has 1 saturated heterocycles. The van der Waals surface area contributed by atoms with Crippen LogP contribution < -0.4 is 4.90 Å². The lowest BCUT2D eigenvalue weighted by molar-refractivity contribution is 0.0925. The first-order valence-electron chi connectivity index (χ1n) is 6.44. The predicted molar refractivity (Wildman–Crippen MR) is 77.8 cm³/mol. The summed E-state index contributed by atoms with van der Waals surface area (Å²) in [5, 5.41) is 0.0718. The van der Waals surface area contributed by atoms with Crippen LogP contribution in [-0.2, 0) is 20.3 Å². The molecular formula is C12H18ClN3O3S. The first-order valence-corrected chi connectivity index (χ1v) is 8.88. The number of sulfone groups is 1. The molecular weight excluding hydrogens is 302 g/mol. The summed E-state index contributed by atoms with van der Waals surface area (Å²) in [6.45, 7) is 4.05. The van der Waals surface area contributed by atoms with Gasteiger partial charge in [0.25, 0.3) is 0 Å². The summed E-state index contributed by atoms with van der Waals surface area (Å²) in [4.78, 5) is 10.3. The summed E-state index contributed by atoms with van der Waals surface area (Å²) in [6.07, 6.45) is 2.09. The second-order valence-corrected chi connectivity index (χ2v) is 7.37. The van der Waals surface area contributed by atoms with E-state index in [4.69, 9.17) is 16.3 Å². The highest BCUT2D eigenvalue weighted by Crippen LogP contribution is 2.22. The molecule has 1 aromatic rings. The van der Waals surface area contributed by atoms with Crippen LogP contribution in [0, 0.1) is 0 Å². The van der Waals surface area contributed by atoms with Crippen molar-refractivity contribution >= 4 is 27.3 Å². The number of hydrogen-bond donors (Lipinski definition) is 0. The molecule has 1 atom stereocenters. The van der Waals surface area contributed by atoms with E-state index in [1.807, 2.05) is 0 Å². The molecule has 6 nitrogen and oxygen atoms in total. The Morgan fingerprint density at radius 2 is 2.25 bits per heavy atom. The fourth-order valence-electron chi connectivity index (χ4n) is 2.24. The third kappa shape index (κ3) is 4.04. The second-order valence-electron chi connectivity index (χ2n) is 4.89. The maximum Gasteiger partial charge on any atom is 0.224 e. The van der Waals surface area contributed by atoms with Gasteiger partial charge in [-0.1, -0.05) is 6.92 Å². The summed E-state index contributed by atoms with van der Waals surface area (Å²) >= 11 is 5.91. The third-order valence-electron chi connectivity index (χ3n) is 3.14. The largest absolute Gasteiger partial charge is 0.377 e. The van der Waals surface area contributed by atoms with Crippen LogP contribution in [0.25, 0.3) is 0 Å². The van der Waals surface area contributed by atoms with E-state index < -0.39 is 9.84 Å². The minimum Gasteiger partial charge on any atom is -0.377 e. The molecule has 112 valence electrons. The standard InChI is InChI=1S/C12H18ClN3O3S/c1-3-10-7-19-5-4-16(10)11-6-9(8-20(2,17)18)14-12(13)15-11/h6,10H,3-5,7-8H2,1-2H3. The van der Waals surface area contributed by atoms with Crippen molar-refractivity contribution in [2.24, 2.45) is 0 Å². The minimum atomic E-state index is -3.15. The zero-order chi connectivity index (χ0) is 14.8. The van der Waals surface area contributed by atoms with Crippen molar-refractivity contribution < 1.29 is 13.2 Å². The van der Waals surface area contributed by atoms with Gasteiger partial charge in [-0.15, -0.1) is 0 Å². The second kappa shape index (κ2) is 6.24. The first kappa shape index (κ1) is 15.5. The minimum absolute atomic E-state index is 0.0718. The van der Waals surface area contributed by atoms with Gasteiger partial charge in [0.15, 0.2) is 9.84 Å². The van der Waals surface area contributed by atoms with Crippen LogP contribution in [0.3, 0.4) is 0 Å². The topological polar surface area (TPSA) is 72.4 Å². The fourth-order valence-corrected chi connectivity index (χ4v) is 3.12. The average Bonchev–Trinajstić information content (AvgIpc) is 2.36.